The van der Waals surface area contributed by atoms with Crippen LogP contribution >= 0.6 is 0 Å². The van der Waals surface area contributed by atoms with Crippen molar-refractivity contribution in [2.45, 2.75) is 111 Å². The molecule has 1 aromatic rings. The van der Waals surface area contributed by atoms with Crippen LogP contribution in [0.2, 0.25) is 0 Å². The predicted molar refractivity (Wildman–Crippen MR) is 266 cm³/mol. The number of nitrogens with one attached hydrogen (secondary N) is 7. The summed E-state index contributed by atoms with van der Waals surface area (Å²) >= 11 is 0. The van der Waals surface area contributed by atoms with Crippen molar-refractivity contribution >= 4 is 69.0 Å². The lowest BCUT2D eigenvalue weighted by Crippen LogP contribution is -2.58. The largest absolute Gasteiger partial charge is 0.461 e. The van der Waals surface area contributed by atoms with Crippen molar-refractivity contribution < 1.29 is 79.8 Å². The zero-order valence-corrected chi connectivity index (χ0v) is 43.7. The van der Waals surface area contributed by atoms with Gasteiger partial charge >= 0.3 is 12.0 Å². The smallest absolute Gasteiger partial charge is 0.312 e. The number of benzene rings is 1. The molecule has 3 atom stereocenters. The van der Waals surface area contributed by atoms with E-state index in [1.807, 2.05) is 0 Å². The average molecular weight is 1060 g/mol. The van der Waals surface area contributed by atoms with Gasteiger partial charge in [0.05, 0.1) is 64.5 Å². The number of hydrogen-bond acceptors (Lipinski definition) is 16. The molecular formula is C47H78N8O17S. The zero-order valence-electron chi connectivity index (χ0n) is 42.9. The minimum atomic E-state index is -4.37. The number of esters is 1. The predicted octanol–water partition coefficient (Wildman–Crippen LogP) is 0.245. The molecule has 26 heteroatoms. The van der Waals surface area contributed by atoms with E-state index in [0.29, 0.717) is 31.0 Å². The van der Waals surface area contributed by atoms with Gasteiger partial charge in [-0.3, -0.25) is 42.9 Å². The third kappa shape index (κ3) is 32.8. The first-order chi connectivity index (χ1) is 34.5. The molecule has 8 amide bonds. The Bertz CT molecular complexity index is 2000. The molecule has 10 N–H and O–H groups in total. The van der Waals surface area contributed by atoms with Gasteiger partial charge in [-0.1, -0.05) is 53.7 Å². The van der Waals surface area contributed by atoms with E-state index in [1.54, 1.807) is 65.8 Å². The molecule has 0 radical (unpaired) electrons. The summed E-state index contributed by atoms with van der Waals surface area (Å²) in [7, 11) is -4.37. The Morgan fingerprint density at radius 2 is 1.14 bits per heavy atom. The Balaban J connectivity index is 2.80. The Morgan fingerprint density at radius 3 is 1.70 bits per heavy atom. The molecule has 0 saturated carbocycles. The highest BCUT2D eigenvalue weighted by Gasteiger charge is 2.32. The Hall–Kier alpha value is -5.80. The molecular weight excluding hydrogens is 981 g/mol. The van der Waals surface area contributed by atoms with Gasteiger partial charge in [0.2, 0.25) is 35.4 Å². The van der Waals surface area contributed by atoms with Crippen LogP contribution in [0, 0.1) is 17.8 Å². The van der Waals surface area contributed by atoms with E-state index in [2.05, 4.69) is 37.2 Å². The van der Waals surface area contributed by atoms with Crippen LogP contribution in [0.4, 0.5) is 10.5 Å². The fourth-order valence-electron chi connectivity index (χ4n) is 6.09. The van der Waals surface area contributed by atoms with E-state index in [1.165, 1.54) is 0 Å². The molecule has 0 aliphatic heterocycles. The monoisotopic (exact) mass is 1060 g/mol. The van der Waals surface area contributed by atoms with Crippen molar-refractivity contribution in [1.29, 1.82) is 0 Å². The number of Topliss-reactive ketones (excluding diaryl/α,β-unsaturated/α-hetero) is 1. The van der Waals surface area contributed by atoms with Crippen molar-refractivity contribution in [3.8, 4) is 0 Å². The lowest BCUT2D eigenvalue weighted by Gasteiger charge is -2.27. The normalized spacial score (nSPS) is 12.6. The molecule has 0 spiro atoms. The maximum Gasteiger partial charge on any atom is 0.312 e. The van der Waals surface area contributed by atoms with Gasteiger partial charge in [0, 0.05) is 56.9 Å². The Morgan fingerprint density at radius 1 is 0.575 bits per heavy atom. The van der Waals surface area contributed by atoms with Gasteiger partial charge in [-0.2, -0.15) is 8.42 Å². The first kappa shape index (κ1) is 65.2. The zero-order chi connectivity index (χ0) is 54.8. The minimum Gasteiger partial charge on any atom is -0.461 e. The quantitative estimate of drug-likeness (QED) is 0.0242. The molecule has 1 rings (SSSR count). The number of nitrogens with two attached hydrogens (primary N) is 1. The lowest BCUT2D eigenvalue weighted by molar-refractivity contribution is -0.148. The summed E-state index contributed by atoms with van der Waals surface area (Å²) < 4.78 is 58.3. The highest BCUT2D eigenvalue weighted by Crippen LogP contribution is 2.14. The van der Waals surface area contributed by atoms with Crippen molar-refractivity contribution in [2.24, 2.45) is 23.5 Å². The third-order valence-corrected chi connectivity index (χ3v) is 11.0. The number of hydrogen-bond donors (Lipinski definition) is 9. The van der Waals surface area contributed by atoms with Crippen LogP contribution in [0.3, 0.4) is 0 Å². The molecule has 25 nitrogen and oxygen atoms in total. The fraction of sp³-hybridized carbons (Fsp3) is 0.681. The van der Waals surface area contributed by atoms with Gasteiger partial charge in [0.15, 0.2) is 0 Å². The Labute approximate surface area is 427 Å². The summed E-state index contributed by atoms with van der Waals surface area (Å²) in [4.78, 5) is 114. The molecule has 0 aliphatic carbocycles. The number of ketones is 1. The van der Waals surface area contributed by atoms with E-state index < -0.39 is 82.0 Å². The van der Waals surface area contributed by atoms with Crippen LogP contribution in [0.15, 0.2) is 24.3 Å². The minimum absolute atomic E-state index is 0.0228. The van der Waals surface area contributed by atoms with Crippen molar-refractivity contribution in [3.05, 3.63) is 29.8 Å². The number of primary amides is 1. The molecule has 0 fully saturated rings. The first-order valence-corrected chi connectivity index (χ1v) is 25.9. The average Bonchev–Trinajstić information content (AvgIpc) is 3.32. The SMILES string of the molecule is CC(C)C(=O)CCC(=O)NCCOCCOCCOCCOCCC(=O)N[C@H](CCC(=O)NCCS(=O)(=O)O)C(=O)N[C@H](C(=O)N[C@@H](CCCNC(N)=O)C(=O)Nc1ccc(COC(=O)C(C)C)cc1)C(C)C. The van der Waals surface area contributed by atoms with Crippen LogP contribution in [0.1, 0.15) is 92.1 Å². The number of anilines is 1. The standard InChI is InChI=1S/C47H78N8O17S/c1-31(2)38(56)14-16-40(58)49-19-22-69-24-26-71-28-27-70-25-23-68-21-17-41(59)53-37(13-15-39(57)50-20-29-73(65,66)67)44(61)55-42(32(3)4)45(62)54-36(8-7-18-51-47(48)64)43(60)52-35-11-9-34(10-12-35)30-72-46(63)33(5)6/h9-12,31-33,36-37,42H,7-8,13-30H2,1-6H3,(H,49,58)(H,50,57)(H,52,60)(H,53,59)(H,54,62)(H,55,61)(H3,48,51,64)(H,65,66,67)/t36-,37+,42-/m0/s1. The summed E-state index contributed by atoms with van der Waals surface area (Å²) in [5.74, 6) is -5.85. The van der Waals surface area contributed by atoms with Gasteiger partial charge in [-0.25, -0.2) is 4.79 Å². The number of carbonyl (C=O) groups is 9. The molecule has 73 heavy (non-hydrogen) atoms. The van der Waals surface area contributed by atoms with Crippen LogP contribution in [0.25, 0.3) is 0 Å². The van der Waals surface area contributed by atoms with Gasteiger partial charge < -0.3 is 66.6 Å². The van der Waals surface area contributed by atoms with Gasteiger partial charge in [-0.15, -0.1) is 0 Å². The third-order valence-electron chi connectivity index (χ3n) is 10.3. The molecule has 0 heterocycles. The summed E-state index contributed by atoms with van der Waals surface area (Å²) in [5.41, 5.74) is 6.21. The number of urea groups is 1. The fourth-order valence-corrected chi connectivity index (χ4v) is 6.45. The maximum atomic E-state index is 13.9. The Kier molecular flexibility index (Phi) is 33.1. The molecule has 0 aliphatic rings. The van der Waals surface area contributed by atoms with Crippen LogP contribution < -0.4 is 43.0 Å². The summed E-state index contributed by atoms with van der Waals surface area (Å²) in [6.45, 7) is 11.9. The maximum absolute atomic E-state index is 13.9. The van der Waals surface area contributed by atoms with Gasteiger partial charge in [-0.05, 0) is 42.9 Å². The van der Waals surface area contributed by atoms with E-state index in [4.69, 9.17) is 34.0 Å². The van der Waals surface area contributed by atoms with E-state index in [9.17, 15) is 51.6 Å². The van der Waals surface area contributed by atoms with Crippen molar-refractivity contribution in [2.75, 3.05) is 83.6 Å². The van der Waals surface area contributed by atoms with Crippen molar-refractivity contribution in [1.82, 2.24) is 31.9 Å². The van der Waals surface area contributed by atoms with Gasteiger partial charge in [0.1, 0.15) is 30.5 Å². The van der Waals surface area contributed by atoms with Crippen molar-refractivity contribution in [3.63, 3.8) is 0 Å². The summed E-state index contributed by atoms with van der Waals surface area (Å²) in [5, 5.41) is 18.0. The van der Waals surface area contributed by atoms with E-state index in [0.717, 1.165) is 0 Å². The number of amides is 8. The van der Waals surface area contributed by atoms with Crippen LogP contribution in [-0.2, 0) is 78.8 Å². The van der Waals surface area contributed by atoms with E-state index in [-0.39, 0.29) is 127 Å². The summed E-state index contributed by atoms with van der Waals surface area (Å²) in [6.07, 6.45) is -0.289. The molecule has 1 aromatic carbocycles. The highest BCUT2D eigenvalue weighted by atomic mass is 32.2. The molecule has 0 saturated heterocycles. The second-order valence-corrected chi connectivity index (χ2v) is 19.2. The number of ether oxygens (including phenoxy) is 5. The highest BCUT2D eigenvalue weighted by molar-refractivity contribution is 7.85. The molecule has 414 valence electrons. The van der Waals surface area contributed by atoms with Crippen LogP contribution in [0.5, 0.6) is 0 Å². The molecule has 0 aromatic heterocycles. The second kappa shape index (κ2) is 37.0. The van der Waals surface area contributed by atoms with E-state index >= 15 is 0 Å². The number of carbonyl (C=O) groups excluding carboxylic acids is 9. The van der Waals surface area contributed by atoms with Crippen LogP contribution in [-0.4, -0.2) is 163 Å². The molecule has 0 unspecified atom stereocenters. The topological polar surface area (TPSA) is 364 Å². The number of rotatable bonds is 40. The first-order valence-electron chi connectivity index (χ1n) is 24.3. The lowest BCUT2D eigenvalue weighted by atomic mass is 10.0. The second-order valence-electron chi connectivity index (χ2n) is 17.6. The molecule has 0 bridgehead atoms. The van der Waals surface area contributed by atoms with Gasteiger partial charge in [0.25, 0.3) is 10.1 Å². The summed E-state index contributed by atoms with van der Waals surface area (Å²) in [6, 6.07) is 1.85.